The average Bonchev–Trinajstić information content (AvgIpc) is 2.48. The van der Waals surface area contributed by atoms with E-state index in [0.717, 1.165) is 16.7 Å². The predicted octanol–water partition coefficient (Wildman–Crippen LogP) is 4.64. The lowest BCUT2D eigenvalue weighted by atomic mass is 9.91. The first-order chi connectivity index (χ1) is 10.5. The Hall–Kier alpha value is -2.43. The molecule has 0 aliphatic carbocycles. The molecule has 114 valence electrons. The zero-order valence-corrected chi connectivity index (χ0v) is 11.8. The largest absolute Gasteiger partial charge is 0.489 e. The Balaban J connectivity index is 2.09. The fraction of sp³-hybridized carbons (Fsp3) is 0.176. The van der Waals surface area contributed by atoms with E-state index >= 15 is 0 Å². The van der Waals surface area contributed by atoms with Crippen LogP contribution in [0.3, 0.4) is 0 Å². The molecule has 0 radical (unpaired) electrons. The zero-order valence-electron chi connectivity index (χ0n) is 11.8. The molecule has 3 rings (SSSR count). The normalized spacial score (nSPS) is 13.9. The Labute approximate surface area is 125 Å². The van der Waals surface area contributed by atoms with Crippen LogP contribution in [0.1, 0.15) is 18.1 Å². The number of hydrogen-bond acceptors (Lipinski definition) is 2. The minimum absolute atomic E-state index is 0.0617. The summed E-state index contributed by atoms with van der Waals surface area (Å²) in [7, 11) is 0. The molecule has 0 atom stereocenters. The van der Waals surface area contributed by atoms with Gasteiger partial charge in [0.1, 0.15) is 23.9 Å². The second-order valence-electron chi connectivity index (χ2n) is 4.99. The Morgan fingerprint density at radius 1 is 1.09 bits per heavy atom. The van der Waals surface area contributed by atoms with Crippen molar-refractivity contribution in [2.24, 2.45) is 0 Å². The van der Waals surface area contributed by atoms with E-state index < -0.39 is 6.61 Å². The highest BCUT2D eigenvalue weighted by atomic mass is 19.3. The van der Waals surface area contributed by atoms with Crippen LogP contribution < -0.4 is 9.47 Å². The van der Waals surface area contributed by atoms with Crippen LogP contribution in [0.15, 0.2) is 48.0 Å². The quantitative estimate of drug-likeness (QED) is 0.822. The maximum Gasteiger partial charge on any atom is 0.387 e. The number of halogens is 3. The van der Waals surface area contributed by atoms with Crippen LogP contribution in [0.25, 0.3) is 5.57 Å². The highest BCUT2D eigenvalue weighted by Gasteiger charge is 2.20. The van der Waals surface area contributed by atoms with E-state index in [9.17, 15) is 13.2 Å². The molecule has 0 aromatic heterocycles. The van der Waals surface area contributed by atoms with E-state index in [0.29, 0.717) is 17.9 Å². The van der Waals surface area contributed by atoms with Crippen molar-refractivity contribution >= 4 is 5.57 Å². The predicted molar refractivity (Wildman–Crippen MR) is 76.7 cm³/mol. The van der Waals surface area contributed by atoms with Crippen LogP contribution in [0, 0.1) is 5.82 Å². The Bertz CT molecular complexity index is 721. The third-order valence-electron chi connectivity index (χ3n) is 3.45. The number of alkyl halides is 2. The Kier molecular flexibility index (Phi) is 3.79. The lowest BCUT2D eigenvalue weighted by Crippen LogP contribution is -2.11. The maximum atomic E-state index is 13.1. The number of hydrogen-bond donors (Lipinski definition) is 0. The lowest BCUT2D eigenvalue weighted by molar-refractivity contribution is -0.0498. The van der Waals surface area contributed by atoms with Gasteiger partial charge in [-0.25, -0.2) is 4.39 Å². The number of benzene rings is 2. The minimum atomic E-state index is -2.89. The first-order valence-electron chi connectivity index (χ1n) is 6.72. The summed E-state index contributed by atoms with van der Waals surface area (Å²) in [4.78, 5) is 0. The fourth-order valence-electron chi connectivity index (χ4n) is 2.51. The summed E-state index contributed by atoms with van der Waals surface area (Å²) in [5, 5.41) is 0. The number of ether oxygens (including phenoxy) is 2. The third-order valence-corrected chi connectivity index (χ3v) is 3.45. The van der Waals surface area contributed by atoms with Gasteiger partial charge in [0, 0.05) is 5.56 Å². The molecule has 0 amide bonds. The summed E-state index contributed by atoms with van der Waals surface area (Å²) in [6, 6.07) is 10.6. The third kappa shape index (κ3) is 2.79. The van der Waals surface area contributed by atoms with E-state index in [1.165, 1.54) is 24.3 Å². The van der Waals surface area contributed by atoms with Crippen LogP contribution in [-0.4, -0.2) is 13.2 Å². The van der Waals surface area contributed by atoms with Gasteiger partial charge in [0.2, 0.25) is 0 Å². The smallest absolute Gasteiger partial charge is 0.387 e. The molecule has 2 aromatic rings. The zero-order chi connectivity index (χ0) is 15.7. The summed E-state index contributed by atoms with van der Waals surface area (Å²) < 4.78 is 47.9. The molecule has 2 aromatic carbocycles. The summed E-state index contributed by atoms with van der Waals surface area (Å²) in [5.41, 5.74) is 3.25. The molecule has 1 heterocycles. The first kappa shape index (κ1) is 14.5. The van der Waals surface area contributed by atoms with Gasteiger partial charge in [-0.15, -0.1) is 0 Å². The van der Waals surface area contributed by atoms with E-state index in [2.05, 4.69) is 4.74 Å². The SMILES string of the molecule is CC1=C(c2ccc(F)cc2)c2cc(OC(F)F)ccc2OC1. The van der Waals surface area contributed by atoms with Gasteiger partial charge >= 0.3 is 6.61 Å². The van der Waals surface area contributed by atoms with E-state index in [4.69, 9.17) is 4.74 Å². The summed E-state index contributed by atoms with van der Waals surface area (Å²) in [6.07, 6.45) is 0. The average molecular weight is 306 g/mol. The van der Waals surface area contributed by atoms with E-state index in [-0.39, 0.29) is 11.6 Å². The van der Waals surface area contributed by atoms with Gasteiger partial charge in [0.25, 0.3) is 0 Å². The van der Waals surface area contributed by atoms with Gasteiger partial charge in [-0.3, -0.25) is 0 Å². The molecule has 0 saturated heterocycles. The molecule has 2 nitrogen and oxygen atoms in total. The first-order valence-corrected chi connectivity index (χ1v) is 6.72. The van der Waals surface area contributed by atoms with Crippen molar-refractivity contribution in [2.75, 3.05) is 6.61 Å². The van der Waals surface area contributed by atoms with Crippen molar-refractivity contribution in [2.45, 2.75) is 13.5 Å². The van der Waals surface area contributed by atoms with Gasteiger partial charge < -0.3 is 9.47 Å². The fourth-order valence-corrected chi connectivity index (χ4v) is 2.51. The molecule has 1 aliphatic rings. The topological polar surface area (TPSA) is 18.5 Å². The Morgan fingerprint density at radius 2 is 1.82 bits per heavy atom. The van der Waals surface area contributed by atoms with Crippen molar-refractivity contribution in [1.29, 1.82) is 0 Å². The summed E-state index contributed by atoms with van der Waals surface area (Å²) in [5.74, 6) is 0.322. The molecule has 5 heteroatoms. The molecule has 0 unspecified atom stereocenters. The second-order valence-corrected chi connectivity index (χ2v) is 4.99. The standard InChI is InChI=1S/C17H13F3O2/c1-10-9-21-15-7-6-13(22-17(19)20)8-14(15)16(10)11-2-4-12(18)5-3-11/h2-8,17H,9H2,1H3. The van der Waals surface area contributed by atoms with Gasteiger partial charge in [0.15, 0.2) is 0 Å². The van der Waals surface area contributed by atoms with Crippen LogP contribution >= 0.6 is 0 Å². The van der Waals surface area contributed by atoms with Gasteiger partial charge in [-0.05, 0) is 54.0 Å². The minimum Gasteiger partial charge on any atom is -0.489 e. The summed E-state index contributed by atoms with van der Waals surface area (Å²) in [6.45, 7) is -0.598. The van der Waals surface area contributed by atoms with Crippen LogP contribution in [0.2, 0.25) is 0 Å². The van der Waals surface area contributed by atoms with Crippen molar-refractivity contribution in [3.63, 3.8) is 0 Å². The molecule has 1 aliphatic heterocycles. The van der Waals surface area contributed by atoms with Crippen molar-refractivity contribution in [3.8, 4) is 11.5 Å². The number of fused-ring (bicyclic) bond motifs is 1. The monoisotopic (exact) mass is 306 g/mol. The van der Waals surface area contributed by atoms with E-state index in [1.54, 1.807) is 18.2 Å². The molecule has 0 bridgehead atoms. The highest BCUT2D eigenvalue weighted by Crippen LogP contribution is 2.39. The molecule has 0 spiro atoms. The molecule has 0 saturated carbocycles. The van der Waals surface area contributed by atoms with Crippen LogP contribution in [0.5, 0.6) is 11.5 Å². The maximum absolute atomic E-state index is 13.1. The lowest BCUT2D eigenvalue weighted by Gasteiger charge is -2.23. The van der Waals surface area contributed by atoms with Crippen molar-refractivity contribution in [1.82, 2.24) is 0 Å². The Morgan fingerprint density at radius 3 is 2.50 bits per heavy atom. The molecule has 22 heavy (non-hydrogen) atoms. The van der Waals surface area contributed by atoms with Gasteiger partial charge in [-0.2, -0.15) is 8.78 Å². The number of rotatable bonds is 3. The van der Waals surface area contributed by atoms with Gasteiger partial charge in [0.05, 0.1) is 0 Å². The molecular formula is C17H13F3O2. The second kappa shape index (κ2) is 5.75. The summed E-state index contributed by atoms with van der Waals surface area (Å²) >= 11 is 0. The molecule has 0 fully saturated rings. The highest BCUT2D eigenvalue weighted by molar-refractivity contribution is 5.86. The molecular weight excluding hydrogens is 293 g/mol. The van der Waals surface area contributed by atoms with Crippen molar-refractivity contribution < 1.29 is 22.6 Å². The van der Waals surface area contributed by atoms with Crippen LogP contribution in [0.4, 0.5) is 13.2 Å². The van der Waals surface area contributed by atoms with E-state index in [1.807, 2.05) is 6.92 Å². The van der Waals surface area contributed by atoms with Crippen LogP contribution in [-0.2, 0) is 0 Å². The van der Waals surface area contributed by atoms with Gasteiger partial charge in [-0.1, -0.05) is 12.1 Å². The van der Waals surface area contributed by atoms with Crippen molar-refractivity contribution in [3.05, 3.63) is 65.0 Å². The molecule has 0 N–H and O–H groups in total.